The van der Waals surface area contributed by atoms with Crippen LogP contribution in [0.1, 0.15) is 11.1 Å². The van der Waals surface area contributed by atoms with Crippen molar-refractivity contribution < 1.29 is 22.3 Å². The molecule has 0 spiro atoms. The molecule has 0 N–H and O–H groups in total. The second kappa shape index (κ2) is 9.05. The Morgan fingerprint density at radius 2 is 1.73 bits per heavy atom. The molecule has 0 aliphatic heterocycles. The smallest absolute Gasteiger partial charge is 0.243 e. The minimum absolute atomic E-state index is 0.0103. The monoisotopic (exact) mass is 445 g/mol. The fourth-order valence-electron chi connectivity index (χ4n) is 2.36. The van der Waals surface area contributed by atoms with Crippen molar-refractivity contribution in [2.75, 3.05) is 20.8 Å². The van der Waals surface area contributed by atoms with Crippen LogP contribution < -0.4 is 0 Å². The summed E-state index contributed by atoms with van der Waals surface area (Å²) in [6.07, 6.45) is -0.740. The van der Waals surface area contributed by atoms with Crippen molar-refractivity contribution in [2.45, 2.75) is 24.7 Å². The van der Waals surface area contributed by atoms with Gasteiger partial charge in [0, 0.05) is 20.8 Å². The lowest BCUT2D eigenvalue weighted by molar-refractivity contribution is -0.108. The van der Waals surface area contributed by atoms with E-state index in [4.69, 9.17) is 9.47 Å². The summed E-state index contributed by atoms with van der Waals surface area (Å²) < 4.78 is 51.8. The normalized spacial score (nSPS) is 12.1. The molecule has 2 rings (SSSR count). The maximum Gasteiger partial charge on any atom is 0.243 e. The van der Waals surface area contributed by atoms with Gasteiger partial charge in [-0.25, -0.2) is 12.8 Å². The van der Waals surface area contributed by atoms with E-state index in [1.165, 1.54) is 24.6 Å². The molecule has 2 aromatic carbocycles. The fourth-order valence-corrected chi connectivity index (χ4v) is 4.02. The highest BCUT2D eigenvalue weighted by molar-refractivity contribution is 9.10. The Morgan fingerprint density at radius 3 is 2.27 bits per heavy atom. The molecule has 0 unspecified atom stereocenters. The maximum absolute atomic E-state index is 13.8. The SMILES string of the molecule is COC(CN(Cc1ccc(Br)c(F)c1)S(=O)(=O)c1ccc(C)cc1)OC. The summed E-state index contributed by atoms with van der Waals surface area (Å²) in [6, 6.07) is 11.1. The van der Waals surface area contributed by atoms with Crippen molar-refractivity contribution >= 4 is 26.0 Å². The lowest BCUT2D eigenvalue weighted by atomic mass is 10.2. The highest BCUT2D eigenvalue weighted by Gasteiger charge is 2.27. The van der Waals surface area contributed by atoms with Crippen LogP contribution in [-0.4, -0.2) is 39.8 Å². The van der Waals surface area contributed by atoms with Gasteiger partial charge >= 0.3 is 0 Å². The first-order valence-electron chi connectivity index (χ1n) is 7.84. The van der Waals surface area contributed by atoms with Gasteiger partial charge in [-0.1, -0.05) is 23.8 Å². The predicted molar refractivity (Wildman–Crippen MR) is 101 cm³/mol. The van der Waals surface area contributed by atoms with Crippen LogP contribution in [0.5, 0.6) is 0 Å². The first kappa shape index (κ1) is 21.0. The van der Waals surface area contributed by atoms with Crippen molar-refractivity contribution in [3.63, 3.8) is 0 Å². The summed E-state index contributed by atoms with van der Waals surface area (Å²) in [5.74, 6) is -0.454. The first-order valence-corrected chi connectivity index (χ1v) is 10.1. The van der Waals surface area contributed by atoms with Gasteiger partial charge in [-0.15, -0.1) is 0 Å². The Labute approximate surface area is 161 Å². The van der Waals surface area contributed by atoms with Crippen molar-refractivity contribution in [1.29, 1.82) is 0 Å². The number of nitrogens with zero attached hydrogens (tertiary/aromatic N) is 1. The van der Waals surface area contributed by atoms with Gasteiger partial charge in [0.15, 0.2) is 6.29 Å². The average Bonchev–Trinajstić information content (AvgIpc) is 2.61. The molecule has 26 heavy (non-hydrogen) atoms. The molecule has 2 aromatic rings. The fraction of sp³-hybridized carbons (Fsp3) is 0.333. The Balaban J connectivity index is 2.38. The summed E-state index contributed by atoms with van der Waals surface area (Å²) in [5.41, 5.74) is 1.48. The number of sulfonamides is 1. The molecule has 0 heterocycles. The minimum Gasteiger partial charge on any atom is -0.354 e. The van der Waals surface area contributed by atoms with Gasteiger partial charge in [-0.05, 0) is 52.7 Å². The van der Waals surface area contributed by atoms with Crippen molar-refractivity contribution in [2.24, 2.45) is 0 Å². The molecule has 0 aliphatic rings. The number of hydrogen-bond acceptors (Lipinski definition) is 4. The van der Waals surface area contributed by atoms with Crippen LogP contribution in [0.3, 0.4) is 0 Å². The number of methoxy groups -OCH3 is 2. The standard InChI is InChI=1S/C18H21BrFNO4S/c1-13-4-7-15(8-5-13)26(22,23)21(12-18(24-2)25-3)11-14-6-9-16(19)17(20)10-14/h4-10,18H,11-12H2,1-3H3. The predicted octanol–water partition coefficient (Wildman–Crippen LogP) is 3.71. The molecular formula is C18H21BrFNO4S. The zero-order valence-electron chi connectivity index (χ0n) is 14.8. The Hall–Kier alpha value is -1.32. The first-order chi connectivity index (χ1) is 12.3. The van der Waals surface area contributed by atoms with Crippen LogP contribution in [0, 0.1) is 12.7 Å². The van der Waals surface area contributed by atoms with Gasteiger partial charge in [-0.2, -0.15) is 4.31 Å². The molecule has 0 aliphatic carbocycles. The lowest BCUT2D eigenvalue weighted by Gasteiger charge is -2.26. The summed E-state index contributed by atoms with van der Waals surface area (Å²) in [6.45, 7) is 1.84. The van der Waals surface area contributed by atoms with E-state index in [-0.39, 0.29) is 18.0 Å². The highest BCUT2D eigenvalue weighted by Crippen LogP contribution is 2.22. The number of benzene rings is 2. The van der Waals surface area contributed by atoms with E-state index >= 15 is 0 Å². The third-order valence-electron chi connectivity index (χ3n) is 3.88. The summed E-state index contributed by atoms with van der Waals surface area (Å²) in [4.78, 5) is 0.159. The van der Waals surface area contributed by atoms with E-state index in [1.807, 2.05) is 6.92 Å². The van der Waals surface area contributed by atoms with Gasteiger partial charge in [-0.3, -0.25) is 0 Å². The zero-order chi connectivity index (χ0) is 19.3. The molecule has 0 saturated heterocycles. The van der Waals surface area contributed by atoms with Crippen molar-refractivity contribution in [3.8, 4) is 0 Å². The molecule has 0 atom stereocenters. The third kappa shape index (κ3) is 5.11. The van der Waals surface area contributed by atoms with Gasteiger partial charge in [0.25, 0.3) is 0 Å². The molecule has 5 nitrogen and oxygen atoms in total. The van der Waals surface area contributed by atoms with E-state index in [2.05, 4.69) is 15.9 Å². The molecule has 0 fully saturated rings. The molecule has 0 aromatic heterocycles. The molecule has 0 bridgehead atoms. The number of hydrogen-bond donors (Lipinski definition) is 0. The van der Waals surface area contributed by atoms with E-state index in [0.29, 0.717) is 10.0 Å². The molecule has 8 heteroatoms. The third-order valence-corrected chi connectivity index (χ3v) is 6.35. The van der Waals surface area contributed by atoms with Gasteiger partial charge in [0.2, 0.25) is 10.0 Å². The van der Waals surface area contributed by atoms with Crippen LogP contribution in [0.15, 0.2) is 51.8 Å². The largest absolute Gasteiger partial charge is 0.354 e. The minimum atomic E-state index is -3.82. The van der Waals surface area contributed by atoms with Crippen LogP contribution in [0.4, 0.5) is 4.39 Å². The Morgan fingerprint density at radius 1 is 1.12 bits per heavy atom. The van der Waals surface area contributed by atoms with Gasteiger partial charge in [0.1, 0.15) is 5.82 Å². The number of ether oxygens (including phenoxy) is 2. The second-order valence-corrected chi connectivity index (χ2v) is 8.55. The van der Waals surface area contributed by atoms with E-state index in [1.54, 1.807) is 36.4 Å². The highest BCUT2D eigenvalue weighted by atomic mass is 79.9. The molecule has 0 saturated carbocycles. The van der Waals surface area contributed by atoms with Crippen LogP contribution in [0.25, 0.3) is 0 Å². The van der Waals surface area contributed by atoms with Crippen LogP contribution >= 0.6 is 15.9 Å². The molecule has 0 radical (unpaired) electrons. The zero-order valence-corrected chi connectivity index (χ0v) is 17.2. The second-order valence-electron chi connectivity index (χ2n) is 5.76. The quantitative estimate of drug-likeness (QED) is 0.581. The van der Waals surface area contributed by atoms with Gasteiger partial charge in [0.05, 0.1) is 15.9 Å². The van der Waals surface area contributed by atoms with Crippen LogP contribution in [-0.2, 0) is 26.0 Å². The van der Waals surface area contributed by atoms with E-state index in [0.717, 1.165) is 5.56 Å². The summed E-state index contributed by atoms with van der Waals surface area (Å²) >= 11 is 3.09. The average molecular weight is 446 g/mol. The summed E-state index contributed by atoms with van der Waals surface area (Å²) in [5, 5.41) is 0. The Bertz CT molecular complexity index is 839. The summed E-state index contributed by atoms with van der Waals surface area (Å²) in [7, 11) is -0.946. The molecule has 0 amide bonds. The number of aryl methyl sites for hydroxylation is 1. The Kier molecular flexibility index (Phi) is 7.31. The topological polar surface area (TPSA) is 55.8 Å². The molecule has 142 valence electrons. The van der Waals surface area contributed by atoms with Gasteiger partial charge < -0.3 is 9.47 Å². The van der Waals surface area contributed by atoms with E-state index in [9.17, 15) is 12.8 Å². The maximum atomic E-state index is 13.8. The lowest BCUT2D eigenvalue weighted by Crippen LogP contribution is -2.38. The van der Waals surface area contributed by atoms with E-state index < -0.39 is 22.1 Å². The number of rotatable bonds is 8. The molecular weight excluding hydrogens is 425 g/mol. The number of halogens is 2. The van der Waals surface area contributed by atoms with Crippen molar-refractivity contribution in [1.82, 2.24) is 4.31 Å². The van der Waals surface area contributed by atoms with Crippen molar-refractivity contribution in [3.05, 3.63) is 63.9 Å². The van der Waals surface area contributed by atoms with Crippen LogP contribution in [0.2, 0.25) is 0 Å².